The zero-order chi connectivity index (χ0) is 23.5. The third-order valence-electron chi connectivity index (χ3n) is 5.28. The number of hydrogen-bond donors (Lipinski definition) is 1. The first-order valence-electron chi connectivity index (χ1n) is 10.9. The van der Waals surface area contributed by atoms with E-state index in [4.69, 9.17) is 4.74 Å². The Balaban J connectivity index is 2.15. The first-order chi connectivity index (χ1) is 15.4. The summed E-state index contributed by atoms with van der Waals surface area (Å²) in [5, 5.41) is 3.04. The molecule has 2 aromatic rings. The largest absolute Gasteiger partial charge is 0.497 e. The molecule has 0 aromatic heterocycles. The van der Waals surface area contributed by atoms with E-state index in [-0.39, 0.29) is 17.9 Å². The molecule has 0 bridgehead atoms. The number of nitrogens with zero attached hydrogens (tertiary/aromatic N) is 1. The fourth-order valence-corrected chi connectivity index (χ4v) is 4.38. The van der Waals surface area contributed by atoms with Crippen molar-refractivity contribution in [1.29, 1.82) is 0 Å². The topological polar surface area (TPSA) is 58.6 Å². The zero-order valence-corrected chi connectivity index (χ0v) is 21.7. The molecule has 0 aliphatic rings. The molecule has 2 rings (SSSR count). The lowest BCUT2D eigenvalue weighted by atomic mass is 10.1. The van der Waals surface area contributed by atoms with Gasteiger partial charge < -0.3 is 15.0 Å². The number of amides is 2. The molecule has 0 heterocycles. The minimum Gasteiger partial charge on any atom is -0.497 e. The highest BCUT2D eigenvalue weighted by atomic mass is 79.9. The van der Waals surface area contributed by atoms with E-state index in [0.29, 0.717) is 18.7 Å². The van der Waals surface area contributed by atoms with Crippen LogP contribution in [0.3, 0.4) is 0 Å². The maximum Gasteiger partial charge on any atom is 0.243 e. The number of halogens is 1. The van der Waals surface area contributed by atoms with Crippen LogP contribution in [0.1, 0.15) is 44.7 Å². The van der Waals surface area contributed by atoms with E-state index in [1.165, 1.54) is 0 Å². The van der Waals surface area contributed by atoms with Crippen molar-refractivity contribution >= 4 is 39.5 Å². The predicted molar refractivity (Wildman–Crippen MR) is 136 cm³/mol. The van der Waals surface area contributed by atoms with Crippen LogP contribution in [0, 0.1) is 0 Å². The van der Waals surface area contributed by atoms with E-state index in [0.717, 1.165) is 33.5 Å². The molecule has 174 valence electrons. The van der Waals surface area contributed by atoms with Gasteiger partial charge in [-0.25, -0.2) is 0 Å². The van der Waals surface area contributed by atoms with Gasteiger partial charge in [0.2, 0.25) is 11.8 Å². The Hall–Kier alpha value is -1.99. The quantitative estimate of drug-likeness (QED) is 0.406. The Morgan fingerprint density at radius 3 is 2.44 bits per heavy atom. The summed E-state index contributed by atoms with van der Waals surface area (Å²) in [6.45, 7) is 6.32. The second-order valence-corrected chi connectivity index (χ2v) is 9.64. The van der Waals surface area contributed by atoms with Crippen molar-refractivity contribution in [2.24, 2.45) is 0 Å². The van der Waals surface area contributed by atoms with Crippen molar-refractivity contribution in [2.45, 2.75) is 58.0 Å². The van der Waals surface area contributed by atoms with E-state index in [1.54, 1.807) is 23.8 Å². The number of rotatable bonds is 12. The molecule has 0 radical (unpaired) electrons. The molecule has 0 saturated heterocycles. The second kappa shape index (κ2) is 13.5. The average molecular weight is 522 g/mol. The lowest BCUT2D eigenvalue weighted by molar-refractivity contribution is -0.139. The van der Waals surface area contributed by atoms with Crippen molar-refractivity contribution in [2.75, 3.05) is 12.9 Å². The van der Waals surface area contributed by atoms with E-state index in [1.807, 2.05) is 69.3 Å². The van der Waals surface area contributed by atoms with Gasteiger partial charge in [0, 0.05) is 22.8 Å². The minimum absolute atomic E-state index is 0.0407. The van der Waals surface area contributed by atoms with E-state index >= 15 is 0 Å². The molecule has 2 atom stereocenters. The van der Waals surface area contributed by atoms with Gasteiger partial charge in [-0.2, -0.15) is 0 Å². The van der Waals surface area contributed by atoms with Crippen LogP contribution in [0.2, 0.25) is 0 Å². The van der Waals surface area contributed by atoms with Crippen molar-refractivity contribution in [3.63, 3.8) is 0 Å². The molecule has 7 heteroatoms. The number of hydrogen-bond acceptors (Lipinski definition) is 4. The summed E-state index contributed by atoms with van der Waals surface area (Å²) in [5.74, 6) is 1.64. The summed E-state index contributed by atoms with van der Waals surface area (Å²) in [6, 6.07) is 15.3. The lowest BCUT2D eigenvalue weighted by Gasteiger charge is -2.31. The zero-order valence-electron chi connectivity index (χ0n) is 19.3. The first kappa shape index (κ1) is 26.3. The number of benzene rings is 2. The number of carbonyl (C=O) groups excluding carboxylic acids is 2. The molecule has 5 nitrogen and oxygen atoms in total. The van der Waals surface area contributed by atoms with Gasteiger partial charge in [-0.3, -0.25) is 9.59 Å². The number of nitrogens with one attached hydrogen (secondary N) is 1. The fraction of sp³-hybridized carbons (Fsp3) is 0.440. The molecule has 0 spiro atoms. The maximum atomic E-state index is 13.3. The molecule has 0 saturated carbocycles. The summed E-state index contributed by atoms with van der Waals surface area (Å²) in [7, 11) is 1.62. The molecule has 0 aliphatic carbocycles. The van der Waals surface area contributed by atoms with Crippen LogP contribution in [-0.2, 0) is 21.9 Å². The Morgan fingerprint density at radius 1 is 1.09 bits per heavy atom. The Labute approximate surface area is 204 Å². The third-order valence-corrected chi connectivity index (χ3v) is 6.80. The molecule has 0 unspecified atom stereocenters. The predicted octanol–water partition coefficient (Wildman–Crippen LogP) is 5.41. The normalized spacial score (nSPS) is 12.7. The van der Waals surface area contributed by atoms with Crippen LogP contribution >= 0.6 is 27.7 Å². The molecular formula is C25H33BrN2O3S. The van der Waals surface area contributed by atoms with Crippen LogP contribution in [0.25, 0.3) is 0 Å². The number of thioether (sulfide) groups is 1. The van der Waals surface area contributed by atoms with Crippen LogP contribution in [0.5, 0.6) is 5.75 Å². The molecule has 0 aliphatic heterocycles. The Bertz CT molecular complexity index is 876. The SMILES string of the molecule is CC[C@@H](C)NC(=O)[C@@H](CC)N(Cc1cccc(OC)c1)C(=O)CSCc1ccc(Br)cc1. The molecule has 0 fully saturated rings. The maximum absolute atomic E-state index is 13.3. The van der Waals surface area contributed by atoms with E-state index in [2.05, 4.69) is 21.2 Å². The van der Waals surface area contributed by atoms with Gasteiger partial charge in [-0.05, 0) is 55.2 Å². The summed E-state index contributed by atoms with van der Waals surface area (Å²) in [5.41, 5.74) is 2.09. The van der Waals surface area contributed by atoms with Gasteiger partial charge in [-0.15, -0.1) is 11.8 Å². The van der Waals surface area contributed by atoms with Crippen LogP contribution in [0.15, 0.2) is 53.0 Å². The van der Waals surface area contributed by atoms with E-state index in [9.17, 15) is 9.59 Å². The van der Waals surface area contributed by atoms with Gasteiger partial charge >= 0.3 is 0 Å². The number of ether oxygens (including phenoxy) is 1. The van der Waals surface area contributed by atoms with Crippen LogP contribution < -0.4 is 10.1 Å². The summed E-state index contributed by atoms with van der Waals surface area (Å²) in [4.78, 5) is 28.0. The number of methoxy groups -OCH3 is 1. The third kappa shape index (κ3) is 8.17. The van der Waals surface area contributed by atoms with Crippen molar-refractivity contribution in [3.8, 4) is 5.75 Å². The standard InChI is InChI=1S/C25H33BrN2O3S/c1-5-18(3)27-25(30)23(6-2)28(15-20-8-7-9-22(14-20)31-4)24(29)17-32-16-19-10-12-21(26)13-11-19/h7-14,18,23H,5-6,15-17H2,1-4H3,(H,27,30)/t18-,23-/m1/s1. The van der Waals surface area contributed by atoms with Crippen molar-refractivity contribution in [3.05, 3.63) is 64.1 Å². The summed E-state index contributed by atoms with van der Waals surface area (Å²) < 4.78 is 6.36. The monoisotopic (exact) mass is 520 g/mol. The molecule has 2 amide bonds. The summed E-state index contributed by atoms with van der Waals surface area (Å²) >= 11 is 5.00. The van der Waals surface area contributed by atoms with Crippen LogP contribution in [0.4, 0.5) is 0 Å². The van der Waals surface area contributed by atoms with Gasteiger partial charge in [0.1, 0.15) is 11.8 Å². The highest BCUT2D eigenvalue weighted by Gasteiger charge is 2.29. The molecule has 32 heavy (non-hydrogen) atoms. The fourth-order valence-electron chi connectivity index (χ4n) is 3.25. The van der Waals surface area contributed by atoms with Crippen molar-refractivity contribution in [1.82, 2.24) is 10.2 Å². The summed E-state index contributed by atoms with van der Waals surface area (Å²) in [6.07, 6.45) is 1.39. The Kier molecular flexibility index (Phi) is 11.1. The van der Waals surface area contributed by atoms with Gasteiger partial charge in [-0.1, -0.05) is 54.0 Å². The first-order valence-corrected chi connectivity index (χ1v) is 12.9. The Morgan fingerprint density at radius 2 is 1.81 bits per heavy atom. The molecular weight excluding hydrogens is 488 g/mol. The highest BCUT2D eigenvalue weighted by Crippen LogP contribution is 2.20. The average Bonchev–Trinajstić information content (AvgIpc) is 2.80. The lowest BCUT2D eigenvalue weighted by Crippen LogP contribution is -2.51. The molecule has 1 N–H and O–H groups in total. The van der Waals surface area contributed by atoms with Gasteiger partial charge in [0.25, 0.3) is 0 Å². The van der Waals surface area contributed by atoms with Gasteiger partial charge in [0.05, 0.1) is 12.9 Å². The van der Waals surface area contributed by atoms with Crippen LogP contribution in [-0.4, -0.2) is 41.7 Å². The second-order valence-electron chi connectivity index (χ2n) is 7.73. The smallest absolute Gasteiger partial charge is 0.243 e. The van der Waals surface area contributed by atoms with E-state index < -0.39 is 6.04 Å². The molecule has 2 aromatic carbocycles. The van der Waals surface area contributed by atoms with Gasteiger partial charge in [0.15, 0.2) is 0 Å². The minimum atomic E-state index is -0.518. The highest BCUT2D eigenvalue weighted by molar-refractivity contribution is 9.10. The number of carbonyl (C=O) groups is 2. The van der Waals surface area contributed by atoms with Crippen molar-refractivity contribution < 1.29 is 14.3 Å².